The van der Waals surface area contributed by atoms with E-state index in [0.717, 1.165) is 16.8 Å². The molecule has 1 unspecified atom stereocenters. The van der Waals surface area contributed by atoms with E-state index in [1.807, 2.05) is 42.5 Å². The van der Waals surface area contributed by atoms with Gasteiger partial charge in [-0.3, -0.25) is 4.79 Å². The van der Waals surface area contributed by atoms with Crippen molar-refractivity contribution in [2.45, 2.75) is 10.8 Å². The predicted octanol–water partition coefficient (Wildman–Crippen LogP) is 3.88. The predicted molar refractivity (Wildman–Crippen MR) is 142 cm³/mol. The monoisotopic (exact) mass is 543 g/mol. The third-order valence-corrected chi connectivity index (χ3v) is 7.24. The molecular weight excluding hydrogens is 521 g/mol. The zero-order valence-electron chi connectivity index (χ0n) is 19.0. The number of carbonyl (C=O) groups excluding carboxylic acids is 1. The molecule has 1 heterocycles. The summed E-state index contributed by atoms with van der Waals surface area (Å²) in [6.07, 6.45) is 0.570. The van der Waals surface area contributed by atoms with Crippen LogP contribution in [-0.4, -0.2) is 51.1 Å². The summed E-state index contributed by atoms with van der Waals surface area (Å²) in [5, 5.41) is 12.9. The lowest BCUT2D eigenvalue weighted by molar-refractivity contribution is -0.109. The van der Waals surface area contributed by atoms with Gasteiger partial charge in [-0.25, -0.2) is 5.01 Å². The Morgan fingerprint density at radius 2 is 1.61 bits per heavy atom. The number of nitrogens with one attached hydrogen (secondary N) is 2. The minimum atomic E-state index is -4.08. The van der Waals surface area contributed by atoms with Crippen LogP contribution in [0.15, 0.2) is 93.3 Å². The molecule has 0 radical (unpaired) electrons. The topological polar surface area (TPSA) is 103 Å². The molecule has 11 heteroatoms. The van der Waals surface area contributed by atoms with E-state index in [2.05, 4.69) is 15.0 Å². The van der Waals surface area contributed by atoms with Crippen molar-refractivity contribution in [1.82, 2.24) is 15.6 Å². The molecule has 3 aromatic carbocycles. The average molecular weight is 544 g/mol. The van der Waals surface area contributed by atoms with Crippen molar-refractivity contribution in [3.8, 4) is 0 Å². The molecule has 0 aromatic heterocycles. The van der Waals surface area contributed by atoms with Crippen molar-refractivity contribution < 1.29 is 13.2 Å². The normalized spacial score (nSPS) is 15.9. The third-order valence-electron chi connectivity index (χ3n) is 5.45. The number of halogens is 2. The van der Waals surface area contributed by atoms with Crippen LogP contribution in [0.5, 0.6) is 0 Å². The quantitative estimate of drug-likeness (QED) is 0.194. The van der Waals surface area contributed by atoms with E-state index in [4.69, 9.17) is 28.3 Å². The summed E-state index contributed by atoms with van der Waals surface area (Å²) in [6.45, 7) is 0.865. The number of amides is 1. The van der Waals surface area contributed by atoms with Gasteiger partial charge in [-0.1, -0.05) is 65.7 Å². The number of carbonyl (C=O) groups is 1. The highest BCUT2D eigenvalue weighted by molar-refractivity contribution is 7.90. The Kier molecular flexibility index (Phi) is 8.25. The standard InChI is InChI=1S/C25H23Cl2N5O3S/c26-20-8-6-19(7-9-20)24-23(18-4-2-1-3-5-18)16-32(30-24)25(29-15-14-28-17-33)31-36(34,35)22-12-10-21(27)11-13-22/h1-13,17,23H,14-16H2,(H,28,33)(H,29,31). The molecule has 36 heavy (non-hydrogen) atoms. The summed E-state index contributed by atoms with van der Waals surface area (Å²) < 4.78 is 30.3. The highest BCUT2D eigenvalue weighted by Gasteiger charge is 2.32. The molecule has 0 aliphatic carbocycles. The first kappa shape index (κ1) is 25.7. The Hall–Kier alpha value is -3.40. The van der Waals surface area contributed by atoms with Gasteiger partial charge in [0.2, 0.25) is 12.4 Å². The summed E-state index contributed by atoms with van der Waals surface area (Å²) in [7, 11) is -4.08. The summed E-state index contributed by atoms with van der Waals surface area (Å²) in [5.74, 6) is -0.103. The second-order valence-corrected chi connectivity index (χ2v) is 10.4. The molecule has 0 saturated carbocycles. The molecular formula is C25H23Cl2N5O3S. The van der Waals surface area contributed by atoms with Gasteiger partial charge >= 0.3 is 0 Å². The van der Waals surface area contributed by atoms with Crippen LogP contribution in [0.4, 0.5) is 0 Å². The van der Waals surface area contributed by atoms with Gasteiger partial charge < -0.3 is 10.6 Å². The molecule has 1 aliphatic rings. The van der Waals surface area contributed by atoms with Crippen molar-refractivity contribution in [3.05, 3.63) is 100 Å². The van der Waals surface area contributed by atoms with Gasteiger partial charge in [-0.15, -0.1) is 4.40 Å². The second-order valence-electron chi connectivity index (χ2n) is 7.88. The largest absolute Gasteiger partial charge is 0.357 e. The van der Waals surface area contributed by atoms with Gasteiger partial charge in [0.05, 0.1) is 17.2 Å². The molecule has 1 atom stereocenters. The van der Waals surface area contributed by atoms with Gasteiger partial charge in [0.1, 0.15) is 0 Å². The van der Waals surface area contributed by atoms with E-state index in [-0.39, 0.29) is 29.9 Å². The number of sulfonamides is 1. The Balaban J connectivity index is 1.74. The van der Waals surface area contributed by atoms with Gasteiger partial charge in [0, 0.05) is 29.1 Å². The first-order chi connectivity index (χ1) is 17.4. The first-order valence-electron chi connectivity index (χ1n) is 11.1. The lowest BCUT2D eigenvalue weighted by atomic mass is 9.91. The molecule has 4 rings (SSSR count). The van der Waals surface area contributed by atoms with Crippen LogP contribution in [0.25, 0.3) is 0 Å². The maximum Gasteiger partial charge on any atom is 0.285 e. The molecule has 3 aromatic rings. The average Bonchev–Trinajstić information content (AvgIpc) is 3.32. The highest BCUT2D eigenvalue weighted by Crippen LogP contribution is 2.30. The Bertz CT molecular complexity index is 1360. The van der Waals surface area contributed by atoms with Crippen LogP contribution >= 0.6 is 23.2 Å². The van der Waals surface area contributed by atoms with Crippen molar-refractivity contribution in [2.75, 3.05) is 19.6 Å². The summed E-state index contributed by atoms with van der Waals surface area (Å²) in [6, 6.07) is 22.9. The fourth-order valence-corrected chi connectivity index (χ4v) is 4.94. The number of hydrogen-bond donors (Lipinski definition) is 2. The SMILES string of the molecule is O=CNCCN/C(=N\S(=O)(=O)c1ccc(Cl)cc1)N1CC(c2ccccc2)C(c2ccc(Cl)cc2)=N1. The summed E-state index contributed by atoms with van der Waals surface area (Å²) >= 11 is 12.0. The molecule has 1 amide bonds. The molecule has 8 nitrogen and oxygen atoms in total. The van der Waals surface area contributed by atoms with E-state index >= 15 is 0 Å². The zero-order valence-corrected chi connectivity index (χ0v) is 21.3. The Morgan fingerprint density at radius 1 is 0.972 bits per heavy atom. The molecule has 0 saturated heterocycles. The zero-order chi connectivity index (χ0) is 25.5. The maximum absolute atomic E-state index is 13.1. The fourth-order valence-electron chi connectivity index (χ4n) is 3.71. The number of hydrazone groups is 1. The first-order valence-corrected chi connectivity index (χ1v) is 13.3. The minimum absolute atomic E-state index is 0.00192. The lowest BCUT2D eigenvalue weighted by Crippen LogP contribution is -2.41. The van der Waals surface area contributed by atoms with E-state index in [9.17, 15) is 13.2 Å². The number of nitrogens with zero attached hydrogens (tertiary/aromatic N) is 3. The van der Waals surface area contributed by atoms with Crippen LogP contribution in [0.2, 0.25) is 10.0 Å². The Morgan fingerprint density at radius 3 is 2.25 bits per heavy atom. The molecule has 0 bridgehead atoms. The van der Waals surface area contributed by atoms with Crippen molar-refractivity contribution in [3.63, 3.8) is 0 Å². The maximum atomic E-state index is 13.1. The van der Waals surface area contributed by atoms with E-state index in [0.29, 0.717) is 23.0 Å². The molecule has 186 valence electrons. The van der Waals surface area contributed by atoms with Crippen LogP contribution in [0, 0.1) is 0 Å². The summed E-state index contributed by atoms with van der Waals surface area (Å²) in [5.41, 5.74) is 2.64. The number of hydrogen-bond acceptors (Lipinski definition) is 4. The van der Waals surface area contributed by atoms with E-state index < -0.39 is 10.0 Å². The van der Waals surface area contributed by atoms with Crippen molar-refractivity contribution in [1.29, 1.82) is 0 Å². The van der Waals surface area contributed by atoms with Gasteiger partial charge in [0.15, 0.2) is 0 Å². The number of benzene rings is 3. The van der Waals surface area contributed by atoms with Gasteiger partial charge in [-0.2, -0.15) is 13.5 Å². The number of rotatable bonds is 8. The van der Waals surface area contributed by atoms with Crippen LogP contribution in [0.3, 0.4) is 0 Å². The molecule has 2 N–H and O–H groups in total. The van der Waals surface area contributed by atoms with E-state index in [1.54, 1.807) is 12.1 Å². The van der Waals surface area contributed by atoms with Crippen LogP contribution in [-0.2, 0) is 14.8 Å². The van der Waals surface area contributed by atoms with Gasteiger partial charge in [0.25, 0.3) is 10.0 Å². The van der Waals surface area contributed by atoms with Gasteiger partial charge in [-0.05, 0) is 47.5 Å². The van der Waals surface area contributed by atoms with Crippen molar-refractivity contribution in [2.24, 2.45) is 9.50 Å². The lowest BCUT2D eigenvalue weighted by Gasteiger charge is -2.19. The molecule has 0 spiro atoms. The summed E-state index contributed by atoms with van der Waals surface area (Å²) in [4.78, 5) is 10.7. The highest BCUT2D eigenvalue weighted by atomic mass is 35.5. The molecule has 1 aliphatic heterocycles. The molecule has 0 fully saturated rings. The third kappa shape index (κ3) is 6.23. The smallest absolute Gasteiger partial charge is 0.285 e. The van der Waals surface area contributed by atoms with Crippen LogP contribution in [0.1, 0.15) is 17.0 Å². The van der Waals surface area contributed by atoms with Crippen molar-refractivity contribution >= 4 is 51.3 Å². The number of guanidine groups is 1. The van der Waals surface area contributed by atoms with Crippen LogP contribution < -0.4 is 10.6 Å². The Labute approximate surface area is 219 Å². The second kappa shape index (κ2) is 11.6. The minimum Gasteiger partial charge on any atom is -0.357 e. The fraction of sp³-hybridized carbons (Fsp3) is 0.160. The van der Waals surface area contributed by atoms with E-state index in [1.165, 1.54) is 29.3 Å².